The molecule has 2 bridgehead atoms. The van der Waals surface area contributed by atoms with E-state index in [4.69, 9.17) is 14.3 Å². The molecule has 22 heavy (non-hydrogen) atoms. The summed E-state index contributed by atoms with van der Waals surface area (Å²) in [5, 5.41) is 2.07. The van der Waals surface area contributed by atoms with Gasteiger partial charge in [-0.05, 0) is 59.8 Å². The highest BCUT2D eigenvalue weighted by Crippen LogP contribution is 2.45. The lowest BCUT2D eigenvalue weighted by molar-refractivity contribution is -0.356. The Balaban J connectivity index is 2.00. The summed E-state index contributed by atoms with van der Waals surface area (Å²) in [5.74, 6) is 1.79. The molecule has 0 saturated carbocycles. The third-order valence-electron chi connectivity index (χ3n) is 4.63. The van der Waals surface area contributed by atoms with Crippen LogP contribution in [0.5, 0.6) is 0 Å². The largest absolute Gasteiger partial charge is 0.368 e. The Bertz CT molecular complexity index is 438. The molecule has 0 aliphatic carbocycles. The predicted octanol–water partition coefficient (Wildman–Crippen LogP) is 2.87. The van der Waals surface area contributed by atoms with E-state index in [-0.39, 0.29) is 5.72 Å². The fraction of sp³-hybridized carbons (Fsp3) is 0.882. The number of ether oxygens (including phenoxy) is 2. The minimum absolute atomic E-state index is 0.279. The van der Waals surface area contributed by atoms with Gasteiger partial charge in [0, 0.05) is 19.2 Å². The standard InChI is InChI=1S/C17H29NO4/c1-15(2,11-12-19)21-13-16(3,4)22-18-14-7-6-9-17(18,20-5)10-8-14/h11,14H,6-10,13H2,1-5H3. The first kappa shape index (κ1) is 17.6. The van der Waals surface area contributed by atoms with Crippen molar-refractivity contribution in [3.8, 4) is 0 Å². The van der Waals surface area contributed by atoms with E-state index >= 15 is 0 Å². The lowest BCUT2D eigenvalue weighted by Gasteiger charge is -2.46. The fourth-order valence-corrected chi connectivity index (χ4v) is 3.35. The highest BCUT2D eigenvalue weighted by molar-refractivity contribution is 5.47. The van der Waals surface area contributed by atoms with E-state index in [0.29, 0.717) is 12.6 Å². The smallest absolute Gasteiger partial charge is 0.143 e. The number of fused-ring (bicyclic) bond motifs is 2. The predicted molar refractivity (Wildman–Crippen MR) is 83.9 cm³/mol. The van der Waals surface area contributed by atoms with Gasteiger partial charge in [-0.3, -0.25) is 4.84 Å². The normalized spacial score (nSPS) is 29.4. The maximum atomic E-state index is 10.5. The van der Waals surface area contributed by atoms with Gasteiger partial charge in [-0.25, -0.2) is 4.79 Å². The molecule has 2 atom stereocenters. The number of hydroxylamine groups is 2. The lowest BCUT2D eigenvalue weighted by Crippen LogP contribution is -2.55. The molecule has 5 nitrogen and oxygen atoms in total. The van der Waals surface area contributed by atoms with E-state index in [9.17, 15) is 4.79 Å². The minimum Gasteiger partial charge on any atom is -0.368 e. The molecule has 2 fully saturated rings. The van der Waals surface area contributed by atoms with Gasteiger partial charge in [0.2, 0.25) is 0 Å². The fourth-order valence-electron chi connectivity index (χ4n) is 3.35. The molecule has 0 radical (unpaired) electrons. The van der Waals surface area contributed by atoms with Gasteiger partial charge in [-0.15, -0.1) is 0 Å². The Morgan fingerprint density at radius 2 is 2.00 bits per heavy atom. The van der Waals surface area contributed by atoms with Crippen LogP contribution < -0.4 is 0 Å². The van der Waals surface area contributed by atoms with Gasteiger partial charge < -0.3 is 9.47 Å². The summed E-state index contributed by atoms with van der Waals surface area (Å²) in [7, 11) is 1.77. The van der Waals surface area contributed by atoms with Gasteiger partial charge in [-0.2, -0.15) is 5.06 Å². The average molecular weight is 311 g/mol. The van der Waals surface area contributed by atoms with Crippen molar-refractivity contribution in [1.29, 1.82) is 0 Å². The molecule has 2 heterocycles. The lowest BCUT2D eigenvalue weighted by atomic mass is 10.0. The third kappa shape index (κ3) is 3.79. The van der Waals surface area contributed by atoms with E-state index in [1.807, 2.05) is 27.7 Å². The monoisotopic (exact) mass is 311 g/mol. The van der Waals surface area contributed by atoms with Crippen LogP contribution in [-0.4, -0.2) is 47.7 Å². The Kier molecular flexibility index (Phi) is 5.15. The van der Waals surface area contributed by atoms with E-state index in [0.717, 1.165) is 25.7 Å². The molecule has 5 heteroatoms. The van der Waals surface area contributed by atoms with Crippen LogP contribution in [0.15, 0.2) is 6.08 Å². The molecule has 0 amide bonds. The van der Waals surface area contributed by atoms with Gasteiger partial charge >= 0.3 is 0 Å². The highest BCUT2D eigenvalue weighted by atomic mass is 16.7. The summed E-state index contributed by atoms with van der Waals surface area (Å²) in [6.45, 7) is 8.09. The summed E-state index contributed by atoms with van der Waals surface area (Å²) in [6.07, 6.45) is 6.88. The van der Waals surface area contributed by atoms with Crippen molar-refractivity contribution < 1.29 is 19.1 Å². The molecular formula is C17H29NO4. The van der Waals surface area contributed by atoms with Crippen molar-refractivity contribution in [3.63, 3.8) is 0 Å². The minimum atomic E-state index is -0.637. The number of piperidine rings is 1. The summed E-state index contributed by atoms with van der Waals surface area (Å²) in [6, 6.07) is 0.427. The van der Waals surface area contributed by atoms with Gasteiger partial charge in [0.15, 0.2) is 0 Å². The van der Waals surface area contributed by atoms with Gasteiger partial charge in [0.25, 0.3) is 0 Å². The zero-order valence-electron chi connectivity index (χ0n) is 14.5. The molecule has 2 unspecified atom stereocenters. The topological polar surface area (TPSA) is 48.0 Å². The van der Waals surface area contributed by atoms with Gasteiger partial charge in [-0.1, -0.05) is 0 Å². The summed E-state index contributed by atoms with van der Waals surface area (Å²) < 4.78 is 11.6. The van der Waals surface area contributed by atoms with Crippen LogP contribution in [-0.2, 0) is 19.1 Å². The first-order valence-corrected chi connectivity index (χ1v) is 8.13. The van der Waals surface area contributed by atoms with Crippen LogP contribution in [0.4, 0.5) is 0 Å². The first-order valence-electron chi connectivity index (χ1n) is 8.13. The number of rotatable bonds is 7. The Labute approximate surface area is 133 Å². The molecule has 126 valence electrons. The van der Waals surface area contributed by atoms with Crippen molar-refractivity contribution in [2.45, 2.75) is 82.8 Å². The Hall–Kier alpha value is -0.710. The SMILES string of the molecule is COC12CCCC(CC1)N2OC(C)(C)COC(C)(C)C=C=O. The summed E-state index contributed by atoms with van der Waals surface area (Å²) in [4.78, 5) is 16.8. The second-order valence-corrected chi connectivity index (χ2v) is 7.57. The second kappa shape index (κ2) is 6.42. The van der Waals surface area contributed by atoms with E-state index in [2.05, 4.69) is 5.06 Å². The summed E-state index contributed by atoms with van der Waals surface area (Å²) >= 11 is 0. The quantitative estimate of drug-likeness (QED) is 0.677. The molecule has 0 aromatic rings. The zero-order valence-corrected chi connectivity index (χ0v) is 14.5. The summed E-state index contributed by atoms with van der Waals surface area (Å²) in [5.41, 5.74) is -1.40. The van der Waals surface area contributed by atoms with E-state index < -0.39 is 11.2 Å². The number of methoxy groups -OCH3 is 1. The van der Waals surface area contributed by atoms with Crippen molar-refractivity contribution >= 4 is 5.94 Å². The average Bonchev–Trinajstić information content (AvgIpc) is 2.64. The van der Waals surface area contributed by atoms with Crippen molar-refractivity contribution in [3.05, 3.63) is 6.08 Å². The molecule has 2 aliphatic heterocycles. The molecule has 0 aromatic carbocycles. The van der Waals surface area contributed by atoms with Crippen LogP contribution in [0.25, 0.3) is 0 Å². The third-order valence-corrected chi connectivity index (χ3v) is 4.63. The highest BCUT2D eigenvalue weighted by Gasteiger charge is 2.52. The van der Waals surface area contributed by atoms with Crippen molar-refractivity contribution in [2.24, 2.45) is 0 Å². The van der Waals surface area contributed by atoms with Crippen LogP contribution in [0.1, 0.15) is 59.8 Å². The van der Waals surface area contributed by atoms with Crippen molar-refractivity contribution in [2.75, 3.05) is 13.7 Å². The molecular weight excluding hydrogens is 282 g/mol. The van der Waals surface area contributed by atoms with Crippen LogP contribution >= 0.6 is 0 Å². The number of hydrogen-bond acceptors (Lipinski definition) is 5. The van der Waals surface area contributed by atoms with Gasteiger partial charge in [0.1, 0.15) is 17.3 Å². The molecule has 2 aliphatic rings. The first-order chi connectivity index (χ1) is 10.2. The molecule has 0 aromatic heterocycles. The molecule has 0 spiro atoms. The van der Waals surface area contributed by atoms with E-state index in [1.165, 1.54) is 12.5 Å². The number of hydrogen-bond donors (Lipinski definition) is 0. The second-order valence-electron chi connectivity index (χ2n) is 7.57. The maximum absolute atomic E-state index is 10.5. The van der Waals surface area contributed by atoms with E-state index in [1.54, 1.807) is 13.1 Å². The van der Waals surface area contributed by atoms with Crippen LogP contribution in [0, 0.1) is 0 Å². The van der Waals surface area contributed by atoms with Crippen LogP contribution in [0.3, 0.4) is 0 Å². The zero-order chi connectivity index (χ0) is 16.4. The Morgan fingerprint density at radius 1 is 1.27 bits per heavy atom. The molecule has 0 N–H and O–H groups in total. The van der Waals surface area contributed by atoms with Crippen molar-refractivity contribution in [1.82, 2.24) is 5.06 Å². The molecule has 2 saturated heterocycles. The maximum Gasteiger partial charge on any atom is 0.143 e. The van der Waals surface area contributed by atoms with Crippen LogP contribution in [0.2, 0.25) is 0 Å². The number of carbonyl (C=O) groups excluding carboxylic acids is 1. The number of nitrogens with zero attached hydrogens (tertiary/aromatic N) is 1. The molecule has 2 rings (SSSR count). The Morgan fingerprint density at radius 3 is 2.64 bits per heavy atom. The van der Waals surface area contributed by atoms with Gasteiger partial charge in [0.05, 0.1) is 12.2 Å².